The molecule has 2 amide bonds. The van der Waals surface area contributed by atoms with Gasteiger partial charge in [0.15, 0.2) is 0 Å². The third-order valence-electron chi connectivity index (χ3n) is 7.68. The Hall–Kier alpha value is -5.12. The topological polar surface area (TPSA) is 176 Å². The van der Waals surface area contributed by atoms with Crippen molar-refractivity contribution in [1.82, 2.24) is 30.6 Å². The summed E-state index contributed by atoms with van der Waals surface area (Å²) in [6.07, 6.45) is 2.72. The van der Waals surface area contributed by atoms with Gasteiger partial charge in [-0.05, 0) is 84.0 Å². The quantitative estimate of drug-likeness (QED) is 0.112. The minimum atomic E-state index is -0.598. The normalized spacial score (nSPS) is 10.7. The fourth-order valence-corrected chi connectivity index (χ4v) is 5.55. The number of benzene rings is 2. The van der Waals surface area contributed by atoms with E-state index in [4.69, 9.17) is 27.9 Å². The predicted octanol–water partition coefficient (Wildman–Crippen LogP) is 6.02. The molecule has 4 heterocycles. The summed E-state index contributed by atoms with van der Waals surface area (Å²) in [5, 5.41) is 7.20. The van der Waals surface area contributed by atoms with Gasteiger partial charge in [-0.3, -0.25) is 19.2 Å². The number of esters is 1. The second-order valence-electron chi connectivity index (χ2n) is 11.1. The molecule has 2 aromatic carbocycles. The third kappa shape index (κ3) is 8.79. The molecule has 0 aliphatic heterocycles. The molecule has 6 rings (SSSR count). The molecule has 0 unspecified atom stereocenters. The first-order chi connectivity index (χ1) is 24.4. The summed E-state index contributed by atoms with van der Waals surface area (Å²) in [5.41, 5.74) is 3.09. The van der Waals surface area contributed by atoms with Crippen LogP contribution < -0.4 is 21.5 Å². The van der Waals surface area contributed by atoms with E-state index in [1.165, 1.54) is 25.6 Å². The number of fused-ring (bicyclic) bond motifs is 2. The van der Waals surface area contributed by atoms with E-state index in [0.29, 0.717) is 39.0 Å². The maximum absolute atomic E-state index is 12.7. The number of aryl methyl sites for hydroxylation is 2. The fraction of sp³-hybridized carbons (Fsp3) is 0.139. The Kier molecular flexibility index (Phi) is 11.8. The molecule has 0 aliphatic rings. The first-order valence-electron chi connectivity index (χ1n) is 15.2. The van der Waals surface area contributed by atoms with Gasteiger partial charge in [-0.15, -0.1) is 0 Å². The van der Waals surface area contributed by atoms with Crippen LogP contribution in [0.3, 0.4) is 0 Å². The molecule has 260 valence electrons. The molecule has 4 aromatic heterocycles. The highest BCUT2D eigenvalue weighted by atomic mass is 127. The number of aromatic amines is 2. The number of pyridine rings is 4. The molecule has 0 fully saturated rings. The van der Waals surface area contributed by atoms with Gasteiger partial charge < -0.3 is 25.3 Å². The van der Waals surface area contributed by atoms with Crippen LogP contribution in [0.1, 0.15) is 53.6 Å². The van der Waals surface area contributed by atoms with Crippen LogP contribution >= 0.6 is 45.8 Å². The van der Waals surface area contributed by atoms with Crippen LogP contribution in [-0.2, 0) is 17.8 Å². The van der Waals surface area contributed by atoms with Crippen molar-refractivity contribution in [2.45, 2.75) is 26.9 Å². The van der Waals surface area contributed by atoms with Crippen LogP contribution in [0.4, 0.5) is 0 Å². The van der Waals surface area contributed by atoms with Crippen LogP contribution in [0.25, 0.3) is 22.1 Å². The summed E-state index contributed by atoms with van der Waals surface area (Å²) in [4.78, 5) is 76.1. The molecule has 0 aliphatic carbocycles. The first kappa shape index (κ1) is 37.1. The average molecular weight is 839 g/mol. The molecule has 15 heteroatoms. The van der Waals surface area contributed by atoms with Crippen molar-refractivity contribution in [1.29, 1.82) is 0 Å². The Morgan fingerprint density at radius 3 is 1.59 bits per heavy atom. The molecular weight excluding hydrogens is 810 g/mol. The lowest BCUT2D eigenvalue weighted by Crippen LogP contribution is -2.28. The van der Waals surface area contributed by atoms with E-state index in [-0.39, 0.29) is 34.1 Å². The zero-order chi connectivity index (χ0) is 36.8. The number of hydrogen-bond donors (Lipinski definition) is 4. The Labute approximate surface area is 314 Å². The minimum absolute atomic E-state index is 0.0675. The van der Waals surface area contributed by atoms with Crippen molar-refractivity contribution < 1.29 is 19.1 Å². The minimum Gasteiger partial charge on any atom is -0.465 e. The summed E-state index contributed by atoms with van der Waals surface area (Å²) in [6.45, 7) is 4.06. The van der Waals surface area contributed by atoms with Gasteiger partial charge in [0.05, 0.1) is 34.8 Å². The van der Waals surface area contributed by atoms with Crippen molar-refractivity contribution >= 4 is 85.6 Å². The van der Waals surface area contributed by atoms with Crippen molar-refractivity contribution in [2.75, 3.05) is 7.11 Å². The van der Waals surface area contributed by atoms with E-state index in [9.17, 15) is 24.0 Å². The smallest absolute Gasteiger partial charge is 0.339 e. The zero-order valence-corrected chi connectivity index (χ0v) is 31.0. The molecule has 4 N–H and O–H groups in total. The van der Waals surface area contributed by atoms with E-state index in [1.54, 1.807) is 49.4 Å². The molecule has 0 saturated heterocycles. The maximum Gasteiger partial charge on any atom is 0.339 e. The number of hydrogen-bond acceptors (Lipinski definition) is 8. The summed E-state index contributed by atoms with van der Waals surface area (Å²) in [6, 6.07) is 17.3. The number of amides is 2. The van der Waals surface area contributed by atoms with Crippen molar-refractivity contribution in [2.24, 2.45) is 0 Å². The highest BCUT2D eigenvalue weighted by molar-refractivity contribution is 14.1. The molecule has 6 aromatic rings. The molecule has 51 heavy (non-hydrogen) atoms. The highest BCUT2D eigenvalue weighted by Gasteiger charge is 2.18. The number of carbonyl (C=O) groups is 3. The number of halogens is 3. The molecule has 0 saturated carbocycles. The van der Waals surface area contributed by atoms with Gasteiger partial charge in [0, 0.05) is 39.1 Å². The summed E-state index contributed by atoms with van der Waals surface area (Å²) in [7, 11) is 1.25. The number of H-pyrrole nitrogens is 2. The Balaban J connectivity index is 0.000000199. The van der Waals surface area contributed by atoms with Crippen molar-refractivity contribution in [3.63, 3.8) is 0 Å². The summed E-state index contributed by atoms with van der Waals surface area (Å²) >= 11 is 13.8. The van der Waals surface area contributed by atoms with Gasteiger partial charge in [-0.2, -0.15) is 0 Å². The van der Waals surface area contributed by atoms with Gasteiger partial charge in [-0.1, -0.05) is 47.5 Å². The Morgan fingerprint density at radius 1 is 0.706 bits per heavy atom. The van der Waals surface area contributed by atoms with Gasteiger partial charge >= 0.3 is 5.97 Å². The van der Waals surface area contributed by atoms with Crippen molar-refractivity contribution in [3.05, 3.63) is 146 Å². The molecule has 12 nitrogen and oxygen atoms in total. The Morgan fingerprint density at radius 2 is 1.14 bits per heavy atom. The van der Waals surface area contributed by atoms with E-state index < -0.39 is 23.2 Å². The Bertz CT molecular complexity index is 2410. The number of ether oxygens (including phenoxy) is 1. The molecule has 0 spiro atoms. The van der Waals surface area contributed by atoms with Crippen LogP contribution in [0.5, 0.6) is 0 Å². The van der Waals surface area contributed by atoms with E-state index in [2.05, 4.69) is 53.2 Å². The standard InChI is InChI=1S/C19H16ClN3O4.C17H13ClIN3O2/c1-10-13(19(26)27-2)7-14-16(24)15(9-21-17(14)23-10)18(25)22-8-11-3-5-12(20)6-4-11;1-9-14(19)6-12-15(23)13(8-20-16(12)22-9)17(24)21-7-10-2-4-11(18)5-3-10/h3-7,9H,8H2,1-2H3,(H,22,25)(H,21,23,24);2-6,8H,7H2,1H3,(H,21,24)(H,20,22,23). The zero-order valence-electron chi connectivity index (χ0n) is 27.3. The van der Waals surface area contributed by atoms with Gasteiger partial charge in [0.2, 0.25) is 10.9 Å². The largest absolute Gasteiger partial charge is 0.465 e. The third-order valence-corrected chi connectivity index (χ3v) is 9.27. The monoisotopic (exact) mass is 838 g/mol. The van der Waals surface area contributed by atoms with Gasteiger partial charge in [0.25, 0.3) is 11.8 Å². The molecule has 0 bridgehead atoms. The van der Waals surface area contributed by atoms with Gasteiger partial charge in [-0.25, -0.2) is 14.8 Å². The van der Waals surface area contributed by atoms with Crippen LogP contribution in [0, 0.1) is 17.4 Å². The molecule has 0 radical (unpaired) electrons. The average Bonchev–Trinajstić information content (AvgIpc) is 3.12. The SMILES string of the molecule is COC(=O)c1cc2c(=O)c(C(=O)NCc3ccc(Cl)cc3)c[nH]c2nc1C.Cc1nc2[nH]cc(C(=O)NCc3ccc(Cl)cc3)c(=O)c2cc1I. The van der Waals surface area contributed by atoms with E-state index >= 15 is 0 Å². The summed E-state index contributed by atoms with van der Waals surface area (Å²) in [5.74, 6) is -1.56. The van der Waals surface area contributed by atoms with Crippen LogP contribution in [0.2, 0.25) is 10.0 Å². The van der Waals surface area contributed by atoms with Crippen molar-refractivity contribution in [3.8, 4) is 0 Å². The second-order valence-corrected chi connectivity index (χ2v) is 13.2. The van der Waals surface area contributed by atoms with Crippen LogP contribution in [-0.4, -0.2) is 44.8 Å². The number of rotatable bonds is 7. The number of methoxy groups -OCH3 is 1. The number of aromatic nitrogens is 4. The molecule has 0 atom stereocenters. The van der Waals surface area contributed by atoms with Crippen LogP contribution in [0.15, 0.2) is 82.6 Å². The lowest BCUT2D eigenvalue weighted by atomic mass is 10.1. The number of nitrogens with one attached hydrogen (secondary N) is 4. The lowest BCUT2D eigenvalue weighted by molar-refractivity contribution is 0.0599. The first-order valence-corrected chi connectivity index (χ1v) is 17.0. The summed E-state index contributed by atoms with van der Waals surface area (Å²) < 4.78 is 5.58. The van der Waals surface area contributed by atoms with Gasteiger partial charge in [0.1, 0.15) is 22.4 Å². The molecular formula is C36H29Cl2IN6O6. The highest BCUT2D eigenvalue weighted by Crippen LogP contribution is 2.16. The van der Waals surface area contributed by atoms with E-state index in [1.807, 2.05) is 19.1 Å². The lowest BCUT2D eigenvalue weighted by Gasteiger charge is -2.08. The second kappa shape index (κ2) is 16.3. The van der Waals surface area contributed by atoms with E-state index in [0.717, 1.165) is 20.4 Å². The number of nitrogens with zero attached hydrogens (tertiary/aromatic N) is 2. The fourth-order valence-electron chi connectivity index (χ4n) is 4.87. The number of carbonyl (C=O) groups excluding carboxylic acids is 3. The maximum atomic E-state index is 12.7. The predicted molar refractivity (Wildman–Crippen MR) is 204 cm³/mol.